The smallest absolute Gasteiger partial charge is 0.337 e. The molecular formula is C18H16N2O2. The number of hydrogen-bond acceptors (Lipinski definition) is 3. The number of rotatable bonds is 3. The highest BCUT2D eigenvalue weighted by Gasteiger charge is 2.10. The van der Waals surface area contributed by atoms with Crippen LogP contribution in [0.25, 0.3) is 22.0 Å². The summed E-state index contributed by atoms with van der Waals surface area (Å²) in [4.78, 5) is 15.6. The van der Waals surface area contributed by atoms with Crippen molar-refractivity contribution in [3.63, 3.8) is 0 Å². The van der Waals surface area contributed by atoms with Gasteiger partial charge in [0.2, 0.25) is 0 Å². The number of pyridine rings is 1. The molecule has 0 fully saturated rings. The van der Waals surface area contributed by atoms with Crippen LogP contribution in [0.1, 0.15) is 21.6 Å². The van der Waals surface area contributed by atoms with E-state index >= 15 is 0 Å². The van der Waals surface area contributed by atoms with Crippen LogP contribution >= 0.6 is 0 Å². The number of carboxylic acids is 1. The monoisotopic (exact) mass is 292 g/mol. The van der Waals surface area contributed by atoms with Crippen LogP contribution in [-0.4, -0.2) is 16.1 Å². The average Bonchev–Trinajstić information content (AvgIpc) is 2.53. The fraction of sp³-hybridized carbons (Fsp3) is 0.111. The van der Waals surface area contributed by atoms with Crippen LogP contribution in [0.4, 0.5) is 0 Å². The molecule has 0 aliphatic heterocycles. The van der Waals surface area contributed by atoms with E-state index in [0.29, 0.717) is 12.2 Å². The van der Waals surface area contributed by atoms with Gasteiger partial charge in [-0.05, 0) is 41.8 Å². The number of fused-ring (bicyclic) bond motifs is 1. The third-order valence-electron chi connectivity index (χ3n) is 3.76. The Labute approximate surface area is 128 Å². The van der Waals surface area contributed by atoms with Crippen molar-refractivity contribution < 1.29 is 9.90 Å². The Hall–Kier alpha value is -2.72. The third kappa shape index (κ3) is 2.56. The molecule has 0 aliphatic rings. The lowest BCUT2D eigenvalue weighted by molar-refractivity contribution is 0.0696. The number of carboxylic acid groups (broad SMARTS) is 1. The quantitative estimate of drug-likeness (QED) is 0.776. The van der Waals surface area contributed by atoms with Gasteiger partial charge in [0.25, 0.3) is 0 Å². The fourth-order valence-electron chi connectivity index (χ4n) is 2.50. The first-order chi connectivity index (χ1) is 10.6. The Morgan fingerprint density at radius 1 is 1.09 bits per heavy atom. The van der Waals surface area contributed by atoms with Gasteiger partial charge in [-0.15, -0.1) is 0 Å². The van der Waals surface area contributed by atoms with Crippen molar-refractivity contribution >= 4 is 16.9 Å². The van der Waals surface area contributed by atoms with E-state index in [2.05, 4.69) is 4.98 Å². The number of nitrogens with two attached hydrogens (primary N) is 1. The predicted molar refractivity (Wildman–Crippen MR) is 86.8 cm³/mol. The van der Waals surface area contributed by atoms with Crippen molar-refractivity contribution in [3.8, 4) is 11.1 Å². The third-order valence-corrected chi connectivity index (χ3v) is 3.76. The van der Waals surface area contributed by atoms with Crippen LogP contribution in [0.3, 0.4) is 0 Å². The lowest BCUT2D eigenvalue weighted by Crippen LogP contribution is -2.01. The molecular weight excluding hydrogens is 276 g/mol. The minimum Gasteiger partial charge on any atom is -0.478 e. The Balaban J connectivity index is 2.11. The highest BCUT2D eigenvalue weighted by Crippen LogP contribution is 2.25. The predicted octanol–water partition coefficient (Wildman–Crippen LogP) is 3.37. The summed E-state index contributed by atoms with van der Waals surface area (Å²) in [7, 11) is 0. The first-order valence-corrected chi connectivity index (χ1v) is 7.02. The van der Waals surface area contributed by atoms with Crippen LogP contribution in [0, 0.1) is 6.92 Å². The topological polar surface area (TPSA) is 76.2 Å². The molecule has 0 amide bonds. The summed E-state index contributed by atoms with van der Waals surface area (Å²) in [5.41, 5.74) is 10.3. The second-order valence-corrected chi connectivity index (χ2v) is 5.24. The SMILES string of the molecule is Cc1nc2ccc(-c3ccc(CN)cc3)cc2cc1C(=O)O. The Morgan fingerprint density at radius 2 is 1.77 bits per heavy atom. The molecule has 0 saturated heterocycles. The van der Waals surface area contributed by atoms with Gasteiger partial charge in [-0.25, -0.2) is 4.79 Å². The summed E-state index contributed by atoms with van der Waals surface area (Å²) in [6.45, 7) is 2.23. The molecule has 0 aliphatic carbocycles. The van der Waals surface area contributed by atoms with Gasteiger partial charge >= 0.3 is 5.97 Å². The Morgan fingerprint density at radius 3 is 2.41 bits per heavy atom. The van der Waals surface area contributed by atoms with Gasteiger partial charge in [-0.1, -0.05) is 30.3 Å². The summed E-state index contributed by atoms with van der Waals surface area (Å²) >= 11 is 0. The largest absolute Gasteiger partial charge is 0.478 e. The zero-order valence-corrected chi connectivity index (χ0v) is 12.2. The molecule has 3 N–H and O–H groups in total. The number of carbonyl (C=O) groups is 1. The van der Waals surface area contributed by atoms with Gasteiger partial charge in [-0.3, -0.25) is 4.98 Å². The summed E-state index contributed by atoms with van der Waals surface area (Å²) in [6, 6.07) is 15.6. The molecule has 0 unspecified atom stereocenters. The molecule has 110 valence electrons. The van der Waals surface area contributed by atoms with E-state index in [1.807, 2.05) is 42.5 Å². The lowest BCUT2D eigenvalue weighted by atomic mass is 10.0. The molecule has 4 heteroatoms. The van der Waals surface area contributed by atoms with E-state index in [1.165, 1.54) is 0 Å². The second-order valence-electron chi connectivity index (χ2n) is 5.24. The van der Waals surface area contributed by atoms with Crippen molar-refractivity contribution in [1.82, 2.24) is 4.98 Å². The number of aromatic nitrogens is 1. The molecule has 1 heterocycles. The molecule has 0 radical (unpaired) electrons. The number of aromatic carboxylic acids is 1. The molecule has 3 aromatic rings. The van der Waals surface area contributed by atoms with E-state index in [4.69, 9.17) is 5.73 Å². The van der Waals surface area contributed by atoms with Gasteiger partial charge in [-0.2, -0.15) is 0 Å². The van der Waals surface area contributed by atoms with Crippen LogP contribution in [0.15, 0.2) is 48.5 Å². The van der Waals surface area contributed by atoms with Crippen LogP contribution in [0.2, 0.25) is 0 Å². The molecule has 22 heavy (non-hydrogen) atoms. The molecule has 0 atom stereocenters. The summed E-state index contributed by atoms with van der Waals surface area (Å²) < 4.78 is 0. The zero-order chi connectivity index (χ0) is 15.7. The van der Waals surface area contributed by atoms with Crippen LogP contribution in [0.5, 0.6) is 0 Å². The molecule has 0 saturated carbocycles. The maximum absolute atomic E-state index is 11.2. The standard InChI is InChI=1S/C18H16N2O2/c1-11-16(18(21)22)9-15-8-14(6-7-17(15)20-11)13-4-2-12(10-19)3-5-13/h2-9H,10,19H2,1H3,(H,21,22). The van der Waals surface area contributed by atoms with Gasteiger partial charge in [0.1, 0.15) is 0 Å². The van der Waals surface area contributed by atoms with Crippen molar-refractivity contribution in [2.45, 2.75) is 13.5 Å². The maximum atomic E-state index is 11.2. The summed E-state index contributed by atoms with van der Waals surface area (Å²) in [5, 5.41) is 10.0. The van der Waals surface area contributed by atoms with E-state index in [-0.39, 0.29) is 5.56 Å². The first-order valence-electron chi connectivity index (χ1n) is 7.02. The number of nitrogens with zero attached hydrogens (tertiary/aromatic N) is 1. The van der Waals surface area contributed by atoms with Crippen molar-refractivity contribution in [3.05, 3.63) is 65.4 Å². The molecule has 2 aromatic carbocycles. The van der Waals surface area contributed by atoms with Gasteiger partial charge in [0.05, 0.1) is 16.8 Å². The molecule has 3 rings (SSSR count). The van der Waals surface area contributed by atoms with Crippen LogP contribution in [-0.2, 0) is 6.54 Å². The van der Waals surface area contributed by atoms with E-state index in [9.17, 15) is 9.90 Å². The molecule has 0 spiro atoms. The van der Waals surface area contributed by atoms with Gasteiger partial charge in [0, 0.05) is 11.9 Å². The number of benzene rings is 2. The second kappa shape index (κ2) is 5.58. The molecule has 0 bridgehead atoms. The van der Waals surface area contributed by atoms with E-state index in [1.54, 1.807) is 13.0 Å². The average molecular weight is 292 g/mol. The van der Waals surface area contributed by atoms with Crippen molar-refractivity contribution in [2.75, 3.05) is 0 Å². The van der Waals surface area contributed by atoms with E-state index < -0.39 is 5.97 Å². The van der Waals surface area contributed by atoms with Crippen molar-refractivity contribution in [1.29, 1.82) is 0 Å². The number of hydrogen-bond donors (Lipinski definition) is 2. The molecule has 4 nitrogen and oxygen atoms in total. The summed E-state index contributed by atoms with van der Waals surface area (Å²) in [5.74, 6) is -0.954. The highest BCUT2D eigenvalue weighted by atomic mass is 16.4. The zero-order valence-electron chi connectivity index (χ0n) is 12.2. The minimum absolute atomic E-state index is 0.239. The Kier molecular flexibility index (Phi) is 3.61. The van der Waals surface area contributed by atoms with Gasteiger partial charge < -0.3 is 10.8 Å². The fourth-order valence-corrected chi connectivity index (χ4v) is 2.50. The van der Waals surface area contributed by atoms with Crippen molar-refractivity contribution in [2.24, 2.45) is 5.73 Å². The minimum atomic E-state index is -0.954. The maximum Gasteiger partial charge on any atom is 0.337 e. The first kappa shape index (κ1) is 14.2. The molecule has 1 aromatic heterocycles. The highest BCUT2D eigenvalue weighted by molar-refractivity contribution is 5.95. The van der Waals surface area contributed by atoms with Crippen LogP contribution < -0.4 is 5.73 Å². The van der Waals surface area contributed by atoms with Gasteiger partial charge in [0.15, 0.2) is 0 Å². The normalized spacial score (nSPS) is 10.8. The summed E-state index contributed by atoms with van der Waals surface area (Å²) in [6.07, 6.45) is 0. The van der Waals surface area contributed by atoms with E-state index in [0.717, 1.165) is 27.6 Å². The Bertz CT molecular complexity index is 855. The number of aryl methyl sites for hydroxylation is 1. The lowest BCUT2D eigenvalue weighted by Gasteiger charge is -2.07.